The molecule has 78 valence electrons. The second-order valence-electron chi connectivity index (χ2n) is 3.61. The highest BCUT2D eigenvalue weighted by Gasteiger charge is 2.24. The van der Waals surface area contributed by atoms with Gasteiger partial charge in [-0.15, -0.1) is 0 Å². The number of carbonyl (C=O) groups is 1. The van der Waals surface area contributed by atoms with Crippen LogP contribution in [-0.4, -0.2) is 23.9 Å². The minimum absolute atomic E-state index is 0.307. The highest BCUT2D eigenvalue weighted by atomic mass is 16.2. The quantitative estimate of drug-likeness (QED) is 0.568. The Labute approximate surface area is 82.3 Å². The van der Waals surface area contributed by atoms with Crippen molar-refractivity contribution < 1.29 is 4.79 Å². The van der Waals surface area contributed by atoms with E-state index in [2.05, 4.69) is 13.8 Å². The molecular weight excluding hydrogens is 162 g/mol. The summed E-state index contributed by atoms with van der Waals surface area (Å²) in [6.07, 6.45) is 3.00. The minimum atomic E-state index is 0.307. The molecule has 2 nitrogen and oxygen atoms in total. The van der Waals surface area contributed by atoms with Crippen molar-refractivity contribution in [2.24, 2.45) is 5.92 Å². The van der Waals surface area contributed by atoms with Gasteiger partial charge < -0.3 is 4.90 Å². The molecule has 13 heavy (non-hydrogen) atoms. The van der Waals surface area contributed by atoms with Crippen molar-refractivity contribution in [3.05, 3.63) is 0 Å². The average molecular weight is 185 g/mol. The summed E-state index contributed by atoms with van der Waals surface area (Å²) in [7, 11) is 1.91. The van der Waals surface area contributed by atoms with Crippen LogP contribution in [0.5, 0.6) is 0 Å². The van der Waals surface area contributed by atoms with Gasteiger partial charge in [-0.25, -0.2) is 0 Å². The summed E-state index contributed by atoms with van der Waals surface area (Å²) >= 11 is 0. The Bertz CT molecular complexity index is 156. The molecule has 1 fully saturated rings. The maximum absolute atomic E-state index is 11.3. The molecule has 1 rings (SSSR count). The van der Waals surface area contributed by atoms with E-state index in [1.54, 1.807) is 0 Å². The van der Waals surface area contributed by atoms with Crippen LogP contribution < -0.4 is 0 Å². The zero-order valence-electron chi connectivity index (χ0n) is 9.63. The van der Waals surface area contributed by atoms with Crippen molar-refractivity contribution in [2.45, 2.75) is 53.0 Å². The zero-order chi connectivity index (χ0) is 10.4. The first-order chi connectivity index (χ1) is 6.13. The summed E-state index contributed by atoms with van der Waals surface area (Å²) in [5, 5.41) is 0. The SMILES string of the molecule is CC.CC1CCCC(=O)N(C)C1C. The smallest absolute Gasteiger partial charge is 0.222 e. The second kappa shape index (κ2) is 6.01. The van der Waals surface area contributed by atoms with Gasteiger partial charge in [-0.05, 0) is 25.7 Å². The van der Waals surface area contributed by atoms with E-state index in [9.17, 15) is 4.79 Å². The Kier molecular flexibility index (Phi) is 5.76. The lowest BCUT2D eigenvalue weighted by atomic mass is 9.99. The van der Waals surface area contributed by atoms with Crippen molar-refractivity contribution in [3.63, 3.8) is 0 Å². The van der Waals surface area contributed by atoms with Crippen molar-refractivity contribution in [1.82, 2.24) is 4.90 Å². The molecule has 0 radical (unpaired) electrons. The Hall–Kier alpha value is -0.530. The Balaban J connectivity index is 0.000000671. The van der Waals surface area contributed by atoms with E-state index in [1.807, 2.05) is 25.8 Å². The molecule has 1 saturated heterocycles. The van der Waals surface area contributed by atoms with Gasteiger partial charge in [-0.3, -0.25) is 4.79 Å². The van der Waals surface area contributed by atoms with Gasteiger partial charge in [0.15, 0.2) is 0 Å². The van der Waals surface area contributed by atoms with Gasteiger partial charge in [0.1, 0.15) is 0 Å². The second-order valence-corrected chi connectivity index (χ2v) is 3.61. The fourth-order valence-electron chi connectivity index (χ4n) is 1.60. The largest absolute Gasteiger partial charge is 0.343 e. The summed E-state index contributed by atoms with van der Waals surface area (Å²) in [4.78, 5) is 13.2. The maximum Gasteiger partial charge on any atom is 0.222 e. The lowest BCUT2D eigenvalue weighted by Gasteiger charge is -2.26. The van der Waals surface area contributed by atoms with Gasteiger partial charge in [0, 0.05) is 19.5 Å². The van der Waals surface area contributed by atoms with E-state index in [0.29, 0.717) is 17.9 Å². The van der Waals surface area contributed by atoms with Gasteiger partial charge in [-0.1, -0.05) is 20.8 Å². The lowest BCUT2D eigenvalue weighted by molar-refractivity contribution is -0.131. The first kappa shape index (κ1) is 12.5. The molecule has 1 amide bonds. The highest BCUT2D eigenvalue weighted by molar-refractivity contribution is 5.76. The summed E-state index contributed by atoms with van der Waals surface area (Å²) in [6, 6.07) is 0.421. The van der Waals surface area contributed by atoms with Crippen molar-refractivity contribution in [3.8, 4) is 0 Å². The standard InChI is InChI=1S/C9H17NO.C2H6/c1-7-5-4-6-9(11)10(3)8(7)2;1-2/h7-8H,4-6H2,1-3H3;1-2H3. The van der Waals surface area contributed by atoms with E-state index in [-0.39, 0.29) is 0 Å². The predicted molar refractivity (Wildman–Crippen MR) is 56.6 cm³/mol. The number of nitrogens with zero attached hydrogens (tertiary/aromatic N) is 1. The summed E-state index contributed by atoms with van der Waals surface area (Å²) in [5.41, 5.74) is 0. The molecule has 0 aliphatic carbocycles. The van der Waals surface area contributed by atoms with Crippen LogP contribution in [0.2, 0.25) is 0 Å². The van der Waals surface area contributed by atoms with Crippen LogP contribution in [0.25, 0.3) is 0 Å². The molecule has 0 aromatic carbocycles. The third kappa shape index (κ3) is 3.37. The molecule has 0 aromatic rings. The molecular formula is C11H23NO. The van der Waals surface area contributed by atoms with Crippen LogP contribution >= 0.6 is 0 Å². The van der Waals surface area contributed by atoms with Crippen molar-refractivity contribution in [1.29, 1.82) is 0 Å². The van der Waals surface area contributed by atoms with E-state index in [1.165, 1.54) is 6.42 Å². The monoisotopic (exact) mass is 185 g/mol. The number of rotatable bonds is 0. The van der Waals surface area contributed by atoms with E-state index in [0.717, 1.165) is 12.8 Å². The maximum atomic E-state index is 11.3. The van der Waals surface area contributed by atoms with Crippen LogP contribution in [-0.2, 0) is 4.79 Å². The Morgan fingerprint density at radius 2 is 1.85 bits per heavy atom. The van der Waals surface area contributed by atoms with Crippen LogP contribution in [0, 0.1) is 5.92 Å². The van der Waals surface area contributed by atoms with Crippen LogP contribution in [0.3, 0.4) is 0 Å². The van der Waals surface area contributed by atoms with Gasteiger partial charge in [0.25, 0.3) is 0 Å². The summed E-state index contributed by atoms with van der Waals surface area (Å²) in [6.45, 7) is 8.35. The number of amides is 1. The third-order valence-electron chi connectivity index (χ3n) is 2.88. The molecule has 2 atom stereocenters. The number of hydrogen-bond acceptors (Lipinski definition) is 1. The molecule has 0 saturated carbocycles. The first-order valence-corrected chi connectivity index (χ1v) is 5.38. The van der Waals surface area contributed by atoms with E-state index < -0.39 is 0 Å². The molecule has 0 N–H and O–H groups in total. The molecule has 2 unspecified atom stereocenters. The topological polar surface area (TPSA) is 20.3 Å². The molecule has 0 bridgehead atoms. The molecule has 0 aromatic heterocycles. The molecule has 0 spiro atoms. The van der Waals surface area contributed by atoms with Gasteiger partial charge in [-0.2, -0.15) is 0 Å². The van der Waals surface area contributed by atoms with Crippen LogP contribution in [0.1, 0.15) is 47.0 Å². The zero-order valence-corrected chi connectivity index (χ0v) is 9.63. The molecule has 1 aliphatic heterocycles. The predicted octanol–water partition coefficient (Wildman–Crippen LogP) is 2.68. The lowest BCUT2D eigenvalue weighted by Crippen LogP contribution is -2.36. The first-order valence-electron chi connectivity index (χ1n) is 5.38. The summed E-state index contributed by atoms with van der Waals surface area (Å²) < 4.78 is 0. The number of hydrogen-bond donors (Lipinski definition) is 0. The van der Waals surface area contributed by atoms with Crippen molar-refractivity contribution >= 4 is 5.91 Å². The molecule has 1 heterocycles. The Morgan fingerprint density at radius 3 is 2.38 bits per heavy atom. The average Bonchev–Trinajstić information content (AvgIpc) is 2.26. The minimum Gasteiger partial charge on any atom is -0.343 e. The third-order valence-corrected chi connectivity index (χ3v) is 2.88. The van der Waals surface area contributed by atoms with Gasteiger partial charge in [0.05, 0.1) is 0 Å². The van der Waals surface area contributed by atoms with E-state index in [4.69, 9.17) is 0 Å². The fourth-order valence-corrected chi connectivity index (χ4v) is 1.60. The Morgan fingerprint density at radius 1 is 1.31 bits per heavy atom. The number of carbonyl (C=O) groups excluding carboxylic acids is 1. The van der Waals surface area contributed by atoms with Gasteiger partial charge in [0.2, 0.25) is 5.91 Å². The highest BCUT2D eigenvalue weighted by Crippen LogP contribution is 2.21. The molecule has 2 heteroatoms. The molecule has 1 aliphatic rings. The van der Waals surface area contributed by atoms with Gasteiger partial charge >= 0.3 is 0 Å². The van der Waals surface area contributed by atoms with E-state index >= 15 is 0 Å². The summed E-state index contributed by atoms with van der Waals surface area (Å²) in [5.74, 6) is 0.966. The normalized spacial score (nSPS) is 29.0. The van der Waals surface area contributed by atoms with Crippen molar-refractivity contribution in [2.75, 3.05) is 7.05 Å². The van der Waals surface area contributed by atoms with Crippen LogP contribution in [0.15, 0.2) is 0 Å². The number of likely N-dealkylation sites (tertiary alicyclic amines) is 1. The van der Waals surface area contributed by atoms with Crippen LogP contribution in [0.4, 0.5) is 0 Å². The fraction of sp³-hybridized carbons (Fsp3) is 0.909.